The molecule has 3 aromatic heterocycles. The second kappa shape index (κ2) is 9.66. The number of hydrogen-bond acceptors (Lipinski definition) is 6. The Balaban J connectivity index is 1.72. The minimum absolute atomic E-state index is 0.252. The number of aromatic amines is 3. The molecule has 0 atom stereocenters. The van der Waals surface area contributed by atoms with Crippen LogP contribution in [0.25, 0.3) is 65.4 Å². The zero-order valence-electron chi connectivity index (χ0n) is 23.3. The third-order valence-electron chi connectivity index (χ3n) is 7.74. The zero-order chi connectivity index (χ0) is 29.1. The van der Waals surface area contributed by atoms with Gasteiger partial charge in [-0.25, -0.2) is 14.4 Å². The quantitative estimate of drug-likeness (QED) is 0.147. The van der Waals surface area contributed by atoms with E-state index in [4.69, 9.17) is 14.2 Å². The Morgan fingerprint density at radius 1 is 0.476 bits per heavy atom. The highest BCUT2D eigenvalue weighted by Crippen LogP contribution is 2.45. The van der Waals surface area contributed by atoms with Gasteiger partial charge in [0.25, 0.3) is 0 Å². The van der Waals surface area contributed by atoms with Gasteiger partial charge in [0.15, 0.2) is 0 Å². The first-order chi connectivity index (χ1) is 20.5. The van der Waals surface area contributed by atoms with Crippen molar-refractivity contribution >= 4 is 83.3 Å². The van der Waals surface area contributed by atoms with Gasteiger partial charge >= 0.3 is 17.9 Å². The van der Waals surface area contributed by atoms with E-state index in [1.54, 1.807) is 39.0 Å². The molecule has 3 heterocycles. The van der Waals surface area contributed by atoms with Gasteiger partial charge in [-0.05, 0) is 39.0 Å². The first-order valence-corrected chi connectivity index (χ1v) is 13.9. The molecule has 0 fully saturated rings. The Morgan fingerprint density at radius 2 is 0.762 bits per heavy atom. The van der Waals surface area contributed by atoms with Crippen molar-refractivity contribution in [1.29, 1.82) is 0 Å². The Hall–Kier alpha value is -5.31. The van der Waals surface area contributed by atoms with Crippen LogP contribution in [0.1, 0.15) is 51.8 Å². The maximum atomic E-state index is 13.0. The molecule has 7 rings (SSSR count). The highest BCUT2D eigenvalue weighted by Gasteiger charge is 2.26. The average Bonchev–Trinajstić information content (AvgIpc) is 3.68. The summed E-state index contributed by atoms with van der Waals surface area (Å²) < 4.78 is 16.1. The van der Waals surface area contributed by atoms with Crippen LogP contribution in [0, 0.1) is 0 Å². The number of carbonyl (C=O) groups is 3. The molecule has 9 heteroatoms. The largest absolute Gasteiger partial charge is 0.462 e. The van der Waals surface area contributed by atoms with Crippen molar-refractivity contribution in [2.75, 3.05) is 19.8 Å². The van der Waals surface area contributed by atoms with Crippen LogP contribution in [-0.4, -0.2) is 52.7 Å². The molecule has 210 valence electrons. The van der Waals surface area contributed by atoms with Gasteiger partial charge in [-0.3, -0.25) is 0 Å². The van der Waals surface area contributed by atoms with Crippen molar-refractivity contribution in [1.82, 2.24) is 15.0 Å². The summed E-state index contributed by atoms with van der Waals surface area (Å²) in [5.74, 6) is -1.27. The minimum Gasteiger partial charge on any atom is -0.462 e. The fourth-order valence-electron chi connectivity index (χ4n) is 6.13. The van der Waals surface area contributed by atoms with Gasteiger partial charge in [-0.15, -0.1) is 0 Å². The fourth-order valence-corrected chi connectivity index (χ4v) is 6.13. The second-order valence-corrected chi connectivity index (χ2v) is 9.97. The lowest BCUT2D eigenvalue weighted by atomic mass is 10.0. The molecule has 42 heavy (non-hydrogen) atoms. The highest BCUT2D eigenvalue weighted by atomic mass is 16.5. The van der Waals surface area contributed by atoms with E-state index >= 15 is 0 Å². The number of H-pyrrole nitrogens is 3. The van der Waals surface area contributed by atoms with Crippen molar-refractivity contribution in [2.45, 2.75) is 20.8 Å². The summed E-state index contributed by atoms with van der Waals surface area (Å²) in [6, 6.07) is 16.6. The molecule has 0 spiro atoms. The number of esters is 3. The SMILES string of the molecule is CCOC(=O)c1cccc2c1[nH]c1c2c2[nH]c3c(C(=O)OCC)cccc3c2c2[nH]c3c(C(=O)OCC)cccc3c12. The summed E-state index contributed by atoms with van der Waals surface area (Å²) in [5, 5.41) is 5.03. The van der Waals surface area contributed by atoms with Gasteiger partial charge in [0.05, 0.1) is 69.6 Å². The summed E-state index contributed by atoms with van der Waals surface area (Å²) >= 11 is 0. The summed E-state index contributed by atoms with van der Waals surface area (Å²) in [6.07, 6.45) is 0. The average molecular weight is 562 g/mol. The molecule has 9 nitrogen and oxygen atoms in total. The number of nitrogens with one attached hydrogen (secondary N) is 3. The fraction of sp³-hybridized carbons (Fsp3) is 0.182. The first kappa shape index (κ1) is 25.6. The van der Waals surface area contributed by atoms with E-state index in [0.29, 0.717) is 33.2 Å². The van der Waals surface area contributed by atoms with E-state index in [-0.39, 0.29) is 19.8 Å². The smallest absolute Gasteiger partial charge is 0.340 e. The molecule has 0 radical (unpaired) electrons. The summed E-state index contributed by atoms with van der Waals surface area (Å²) in [6.45, 7) is 6.07. The topological polar surface area (TPSA) is 126 Å². The number of carbonyl (C=O) groups excluding carboxylic acids is 3. The predicted octanol–water partition coefficient (Wildman–Crippen LogP) is 7.12. The molecular weight excluding hydrogens is 534 g/mol. The number of hydrogen-bond donors (Lipinski definition) is 3. The van der Waals surface area contributed by atoms with Gasteiger partial charge in [-0.2, -0.15) is 0 Å². The zero-order valence-corrected chi connectivity index (χ0v) is 23.3. The van der Waals surface area contributed by atoms with Crippen LogP contribution in [0.3, 0.4) is 0 Å². The molecular formula is C33H27N3O6. The van der Waals surface area contributed by atoms with Crippen LogP contribution in [0.5, 0.6) is 0 Å². The molecule has 0 bridgehead atoms. The lowest BCUT2D eigenvalue weighted by molar-refractivity contribution is 0.0519. The van der Waals surface area contributed by atoms with E-state index in [1.165, 1.54) is 0 Å². The monoisotopic (exact) mass is 561 g/mol. The number of ether oxygens (including phenoxy) is 3. The molecule has 0 amide bonds. The molecule has 4 aromatic carbocycles. The standard InChI is InChI=1S/C33H27N3O6/c1-4-40-31(37)19-13-7-10-16-22-28(34-25(16)19)23-17-11-8-14-20(32(38)41-5-2)26(17)36-30(23)24-18-12-9-15-21(33(39)42-6-3)27(18)35-29(22)24/h7-15,34-36H,4-6H2,1-3H3. The van der Waals surface area contributed by atoms with Crippen molar-refractivity contribution < 1.29 is 28.6 Å². The second-order valence-electron chi connectivity index (χ2n) is 9.97. The maximum Gasteiger partial charge on any atom is 0.340 e. The Bertz CT molecular complexity index is 1970. The van der Waals surface area contributed by atoms with Crippen LogP contribution < -0.4 is 0 Å². The van der Waals surface area contributed by atoms with Crippen molar-refractivity contribution in [2.24, 2.45) is 0 Å². The third-order valence-corrected chi connectivity index (χ3v) is 7.74. The Labute approximate surface area is 238 Å². The number of rotatable bonds is 6. The Morgan fingerprint density at radius 3 is 1.02 bits per heavy atom. The van der Waals surface area contributed by atoms with Gasteiger partial charge in [0.2, 0.25) is 0 Å². The van der Waals surface area contributed by atoms with Crippen LogP contribution in [0.4, 0.5) is 0 Å². The number of benzene rings is 4. The van der Waals surface area contributed by atoms with Gasteiger partial charge in [0.1, 0.15) is 0 Å². The number of fused-ring (bicyclic) bond motifs is 12. The number of para-hydroxylation sites is 3. The van der Waals surface area contributed by atoms with E-state index in [0.717, 1.165) is 48.9 Å². The normalized spacial score (nSPS) is 11.8. The molecule has 0 aliphatic heterocycles. The summed E-state index contributed by atoms with van der Waals surface area (Å²) in [4.78, 5) is 49.5. The van der Waals surface area contributed by atoms with Crippen LogP contribution in [-0.2, 0) is 14.2 Å². The maximum absolute atomic E-state index is 13.0. The van der Waals surface area contributed by atoms with E-state index in [2.05, 4.69) is 15.0 Å². The predicted molar refractivity (Wildman–Crippen MR) is 162 cm³/mol. The van der Waals surface area contributed by atoms with Crippen LogP contribution in [0.15, 0.2) is 54.6 Å². The highest BCUT2D eigenvalue weighted by molar-refractivity contribution is 6.40. The molecule has 0 aliphatic carbocycles. The van der Waals surface area contributed by atoms with E-state index in [9.17, 15) is 14.4 Å². The summed E-state index contributed by atoms with van der Waals surface area (Å²) in [5.41, 5.74) is 5.51. The van der Waals surface area contributed by atoms with Gasteiger partial charge < -0.3 is 29.2 Å². The first-order valence-electron chi connectivity index (χ1n) is 13.9. The van der Waals surface area contributed by atoms with E-state index in [1.807, 2.05) is 36.4 Å². The van der Waals surface area contributed by atoms with Crippen LogP contribution in [0.2, 0.25) is 0 Å². The molecule has 0 saturated heterocycles. The molecule has 0 aliphatic rings. The third kappa shape index (κ3) is 3.52. The van der Waals surface area contributed by atoms with E-state index < -0.39 is 17.9 Å². The van der Waals surface area contributed by atoms with Crippen molar-refractivity contribution in [3.63, 3.8) is 0 Å². The number of aromatic nitrogens is 3. The molecule has 7 aromatic rings. The van der Waals surface area contributed by atoms with Gasteiger partial charge in [0, 0.05) is 32.3 Å². The summed E-state index contributed by atoms with van der Waals surface area (Å²) in [7, 11) is 0. The lowest BCUT2D eigenvalue weighted by Crippen LogP contribution is -2.05. The molecule has 3 N–H and O–H groups in total. The molecule has 0 unspecified atom stereocenters. The van der Waals surface area contributed by atoms with Crippen LogP contribution >= 0.6 is 0 Å². The Kier molecular flexibility index (Phi) is 5.90. The van der Waals surface area contributed by atoms with Crippen molar-refractivity contribution in [3.8, 4) is 0 Å². The minimum atomic E-state index is -0.424. The van der Waals surface area contributed by atoms with Crippen molar-refractivity contribution in [3.05, 3.63) is 71.3 Å². The lowest BCUT2D eigenvalue weighted by Gasteiger charge is -2.03. The molecule has 0 saturated carbocycles. The van der Waals surface area contributed by atoms with Gasteiger partial charge in [-0.1, -0.05) is 36.4 Å².